The minimum atomic E-state index is 0.188. The lowest BCUT2D eigenvalue weighted by Gasteiger charge is -2.08. The molecule has 0 saturated carbocycles. The first kappa shape index (κ1) is 11.9. The standard InChI is InChI=1S/C12H10BrN5O/c1-19-9-4-2-3-8-7(9)5-6-15-10(8)18-11(13)16-12(14)17-18/h2-6H,1H3,(H2,14,17). The van der Waals surface area contributed by atoms with Crippen molar-refractivity contribution in [2.24, 2.45) is 0 Å². The highest BCUT2D eigenvalue weighted by molar-refractivity contribution is 9.10. The number of fused-ring (bicyclic) bond motifs is 1. The fourth-order valence-electron chi connectivity index (χ4n) is 1.95. The molecule has 2 aromatic heterocycles. The Kier molecular flexibility index (Phi) is 2.83. The summed E-state index contributed by atoms with van der Waals surface area (Å²) in [6.45, 7) is 0. The Morgan fingerprint density at radius 2 is 2.11 bits per heavy atom. The normalized spacial score (nSPS) is 10.8. The Labute approximate surface area is 117 Å². The molecule has 2 N–H and O–H groups in total. The molecule has 0 radical (unpaired) electrons. The number of ether oxygens (including phenoxy) is 1. The van der Waals surface area contributed by atoms with E-state index in [1.807, 2.05) is 24.3 Å². The van der Waals surface area contributed by atoms with E-state index in [-0.39, 0.29) is 5.95 Å². The Bertz CT molecular complexity index is 755. The maximum Gasteiger partial charge on any atom is 0.240 e. The molecule has 0 aliphatic carbocycles. The summed E-state index contributed by atoms with van der Waals surface area (Å²) in [4.78, 5) is 8.36. The number of aromatic nitrogens is 4. The van der Waals surface area contributed by atoms with Crippen LogP contribution in [0.3, 0.4) is 0 Å². The summed E-state index contributed by atoms with van der Waals surface area (Å²) in [7, 11) is 1.64. The minimum Gasteiger partial charge on any atom is -0.496 e. The molecule has 0 bridgehead atoms. The molecular formula is C12H10BrN5O. The van der Waals surface area contributed by atoms with Crippen LogP contribution in [0.2, 0.25) is 0 Å². The Morgan fingerprint density at radius 3 is 2.79 bits per heavy atom. The Balaban J connectivity index is 2.33. The maximum absolute atomic E-state index is 5.59. The van der Waals surface area contributed by atoms with Gasteiger partial charge in [-0.25, -0.2) is 4.98 Å². The molecule has 3 aromatic rings. The second-order valence-corrected chi connectivity index (χ2v) is 4.55. The third-order valence-electron chi connectivity index (χ3n) is 2.75. The van der Waals surface area contributed by atoms with Gasteiger partial charge in [-0.1, -0.05) is 12.1 Å². The van der Waals surface area contributed by atoms with Crippen molar-refractivity contribution >= 4 is 32.7 Å². The van der Waals surface area contributed by atoms with E-state index < -0.39 is 0 Å². The van der Waals surface area contributed by atoms with Gasteiger partial charge in [0.1, 0.15) is 5.75 Å². The molecule has 0 saturated heterocycles. The zero-order chi connectivity index (χ0) is 13.4. The summed E-state index contributed by atoms with van der Waals surface area (Å²) in [5.41, 5.74) is 5.59. The van der Waals surface area contributed by atoms with Crippen LogP contribution in [0.25, 0.3) is 16.6 Å². The molecule has 0 unspecified atom stereocenters. The number of nitrogens with two attached hydrogens (primary N) is 1. The number of halogens is 1. The van der Waals surface area contributed by atoms with Crippen LogP contribution in [0, 0.1) is 0 Å². The lowest BCUT2D eigenvalue weighted by molar-refractivity contribution is 0.420. The number of benzene rings is 1. The van der Waals surface area contributed by atoms with Gasteiger partial charge in [-0.2, -0.15) is 9.67 Å². The molecule has 96 valence electrons. The Hall–Kier alpha value is -2.15. The predicted octanol–water partition coefficient (Wildman–Crippen LogP) is 2.17. The highest BCUT2D eigenvalue weighted by Crippen LogP contribution is 2.29. The first-order valence-electron chi connectivity index (χ1n) is 5.51. The molecule has 19 heavy (non-hydrogen) atoms. The molecule has 6 nitrogen and oxygen atoms in total. The predicted molar refractivity (Wildman–Crippen MR) is 75.3 cm³/mol. The molecule has 0 aliphatic heterocycles. The second-order valence-electron chi connectivity index (χ2n) is 3.84. The van der Waals surface area contributed by atoms with Crippen LogP contribution < -0.4 is 10.5 Å². The van der Waals surface area contributed by atoms with E-state index >= 15 is 0 Å². The van der Waals surface area contributed by atoms with Gasteiger partial charge >= 0.3 is 0 Å². The molecule has 7 heteroatoms. The lowest BCUT2D eigenvalue weighted by atomic mass is 10.1. The second kappa shape index (κ2) is 4.51. The number of hydrogen-bond donors (Lipinski definition) is 1. The van der Waals surface area contributed by atoms with Gasteiger partial charge in [-0.15, -0.1) is 5.10 Å². The van der Waals surface area contributed by atoms with Crippen LogP contribution in [-0.2, 0) is 0 Å². The first-order chi connectivity index (χ1) is 9.20. The Morgan fingerprint density at radius 1 is 1.26 bits per heavy atom. The van der Waals surface area contributed by atoms with E-state index in [1.165, 1.54) is 0 Å². The number of nitrogens with zero attached hydrogens (tertiary/aromatic N) is 4. The van der Waals surface area contributed by atoms with Crippen molar-refractivity contribution < 1.29 is 4.74 Å². The van der Waals surface area contributed by atoms with E-state index in [0.717, 1.165) is 16.5 Å². The highest BCUT2D eigenvalue weighted by atomic mass is 79.9. The summed E-state index contributed by atoms with van der Waals surface area (Å²) < 4.78 is 7.40. The third kappa shape index (κ3) is 1.91. The quantitative estimate of drug-likeness (QED) is 0.783. The topological polar surface area (TPSA) is 78.9 Å². The van der Waals surface area contributed by atoms with Crippen molar-refractivity contribution in [1.29, 1.82) is 0 Å². The van der Waals surface area contributed by atoms with Crippen LogP contribution >= 0.6 is 15.9 Å². The largest absolute Gasteiger partial charge is 0.496 e. The van der Waals surface area contributed by atoms with E-state index in [1.54, 1.807) is 18.0 Å². The summed E-state index contributed by atoms with van der Waals surface area (Å²) in [6, 6.07) is 7.65. The van der Waals surface area contributed by atoms with Gasteiger partial charge in [0.05, 0.1) is 7.11 Å². The van der Waals surface area contributed by atoms with Gasteiger partial charge in [0.15, 0.2) is 5.82 Å². The molecule has 0 amide bonds. The summed E-state index contributed by atoms with van der Waals surface area (Å²) in [5.74, 6) is 1.62. The van der Waals surface area contributed by atoms with Gasteiger partial charge < -0.3 is 10.5 Å². The van der Waals surface area contributed by atoms with Gasteiger partial charge in [-0.05, 0) is 28.1 Å². The third-order valence-corrected chi connectivity index (χ3v) is 3.26. The number of pyridine rings is 1. The first-order valence-corrected chi connectivity index (χ1v) is 6.30. The lowest BCUT2D eigenvalue weighted by Crippen LogP contribution is -2.02. The number of anilines is 1. The molecule has 3 rings (SSSR count). The van der Waals surface area contributed by atoms with Crippen molar-refractivity contribution in [3.8, 4) is 11.6 Å². The summed E-state index contributed by atoms with van der Waals surface area (Å²) in [5, 5.41) is 5.98. The van der Waals surface area contributed by atoms with Gasteiger partial charge in [0.2, 0.25) is 10.7 Å². The molecule has 0 atom stereocenters. The number of hydrogen-bond acceptors (Lipinski definition) is 5. The maximum atomic E-state index is 5.59. The van der Waals surface area contributed by atoms with Gasteiger partial charge in [0.25, 0.3) is 0 Å². The SMILES string of the molecule is COc1cccc2c(-n3nc(N)nc3Br)nccc12. The van der Waals surface area contributed by atoms with E-state index in [2.05, 4.69) is 31.0 Å². The van der Waals surface area contributed by atoms with Gasteiger partial charge in [-0.3, -0.25) is 0 Å². The average Bonchev–Trinajstić information content (AvgIpc) is 2.76. The van der Waals surface area contributed by atoms with Crippen LogP contribution in [-0.4, -0.2) is 26.9 Å². The fourth-order valence-corrected chi connectivity index (χ4v) is 2.38. The molecule has 0 aliphatic rings. The molecule has 0 spiro atoms. The van der Waals surface area contributed by atoms with Crippen LogP contribution in [0.5, 0.6) is 5.75 Å². The van der Waals surface area contributed by atoms with Crippen LogP contribution in [0.1, 0.15) is 0 Å². The number of methoxy groups -OCH3 is 1. The van der Waals surface area contributed by atoms with Crippen molar-refractivity contribution in [3.05, 3.63) is 35.2 Å². The molecule has 1 aromatic carbocycles. The van der Waals surface area contributed by atoms with Crippen molar-refractivity contribution in [3.63, 3.8) is 0 Å². The monoisotopic (exact) mass is 319 g/mol. The van der Waals surface area contributed by atoms with Crippen LogP contribution in [0.4, 0.5) is 5.95 Å². The number of rotatable bonds is 2. The van der Waals surface area contributed by atoms with Crippen molar-refractivity contribution in [2.75, 3.05) is 12.8 Å². The van der Waals surface area contributed by atoms with Gasteiger partial charge in [0, 0.05) is 17.0 Å². The molecule has 0 fully saturated rings. The van der Waals surface area contributed by atoms with Crippen LogP contribution in [0.15, 0.2) is 35.2 Å². The zero-order valence-electron chi connectivity index (χ0n) is 10.0. The average molecular weight is 320 g/mol. The minimum absolute atomic E-state index is 0.188. The van der Waals surface area contributed by atoms with Crippen molar-refractivity contribution in [1.82, 2.24) is 19.7 Å². The van der Waals surface area contributed by atoms with E-state index in [0.29, 0.717) is 10.6 Å². The fraction of sp³-hybridized carbons (Fsp3) is 0.0833. The molecular weight excluding hydrogens is 310 g/mol. The number of nitrogen functional groups attached to an aromatic ring is 1. The zero-order valence-corrected chi connectivity index (χ0v) is 11.6. The highest BCUT2D eigenvalue weighted by Gasteiger charge is 2.13. The smallest absolute Gasteiger partial charge is 0.240 e. The summed E-state index contributed by atoms with van der Waals surface area (Å²) in [6.07, 6.45) is 1.70. The van der Waals surface area contributed by atoms with E-state index in [9.17, 15) is 0 Å². The van der Waals surface area contributed by atoms with E-state index in [4.69, 9.17) is 10.5 Å². The molecule has 2 heterocycles. The summed E-state index contributed by atoms with van der Waals surface area (Å²) >= 11 is 3.31. The van der Waals surface area contributed by atoms with Crippen molar-refractivity contribution in [2.45, 2.75) is 0 Å².